The van der Waals surface area contributed by atoms with Crippen LogP contribution in [0.4, 0.5) is 10.1 Å². The summed E-state index contributed by atoms with van der Waals surface area (Å²) in [5, 5.41) is 5.45. The predicted molar refractivity (Wildman–Crippen MR) is 115 cm³/mol. The number of hydrogen-bond donors (Lipinski definition) is 1. The van der Waals surface area contributed by atoms with Gasteiger partial charge >= 0.3 is 0 Å². The first-order valence-electron chi connectivity index (χ1n) is 10.4. The first kappa shape index (κ1) is 18.4. The zero-order valence-electron chi connectivity index (χ0n) is 16.5. The second-order valence-electron chi connectivity index (χ2n) is 7.85. The zero-order valence-corrected chi connectivity index (χ0v) is 16.5. The lowest BCUT2D eigenvalue weighted by Gasteiger charge is -2.36. The smallest absolute Gasteiger partial charge is 0.123 e. The van der Waals surface area contributed by atoms with Crippen LogP contribution in [0.2, 0.25) is 0 Å². The summed E-state index contributed by atoms with van der Waals surface area (Å²) in [6, 6.07) is 17.6. The van der Waals surface area contributed by atoms with Gasteiger partial charge in [-0.05, 0) is 46.8 Å². The molecular weight excluding hydrogens is 365 g/mol. The summed E-state index contributed by atoms with van der Waals surface area (Å²) in [5.74, 6) is 0.784. The Morgan fingerprint density at radius 1 is 0.897 bits per heavy atom. The highest BCUT2D eigenvalue weighted by Crippen LogP contribution is 2.28. The molecule has 5 rings (SSSR count). The third-order valence-electron chi connectivity index (χ3n) is 6.02. The van der Waals surface area contributed by atoms with E-state index in [0.717, 1.165) is 68.0 Å². The van der Waals surface area contributed by atoms with Crippen molar-refractivity contribution in [2.45, 2.75) is 13.1 Å². The largest absolute Gasteiger partial charge is 0.492 e. The van der Waals surface area contributed by atoms with Crippen molar-refractivity contribution in [2.75, 3.05) is 44.2 Å². The highest BCUT2D eigenvalue weighted by molar-refractivity contribution is 5.94. The quantitative estimate of drug-likeness (QED) is 0.716. The van der Waals surface area contributed by atoms with Crippen LogP contribution in [0.1, 0.15) is 11.1 Å². The van der Waals surface area contributed by atoms with Crippen LogP contribution in [0.3, 0.4) is 0 Å². The van der Waals surface area contributed by atoms with Crippen molar-refractivity contribution >= 4 is 16.5 Å². The second kappa shape index (κ2) is 8.01. The van der Waals surface area contributed by atoms with E-state index >= 15 is 0 Å². The number of nitrogens with one attached hydrogen (secondary N) is 1. The predicted octanol–water partition coefficient (Wildman–Crippen LogP) is 3.78. The molecule has 0 amide bonds. The van der Waals surface area contributed by atoms with Crippen molar-refractivity contribution in [3.05, 3.63) is 71.5 Å². The molecule has 0 aromatic heterocycles. The lowest BCUT2D eigenvalue weighted by molar-refractivity contribution is 0.200. The fraction of sp³-hybridized carbons (Fsp3) is 0.333. The Hall–Kier alpha value is -2.63. The van der Waals surface area contributed by atoms with E-state index in [-0.39, 0.29) is 5.82 Å². The van der Waals surface area contributed by atoms with Gasteiger partial charge in [-0.1, -0.05) is 24.3 Å². The molecular formula is C24H26FN3O. The van der Waals surface area contributed by atoms with Gasteiger partial charge in [-0.2, -0.15) is 0 Å². The van der Waals surface area contributed by atoms with E-state index in [1.54, 1.807) is 6.07 Å². The van der Waals surface area contributed by atoms with Crippen LogP contribution in [0, 0.1) is 5.82 Å². The number of halogens is 1. The van der Waals surface area contributed by atoms with Gasteiger partial charge in [0.1, 0.15) is 18.2 Å². The van der Waals surface area contributed by atoms with Crippen molar-refractivity contribution in [3.63, 3.8) is 0 Å². The maximum absolute atomic E-state index is 13.8. The number of ether oxygens (including phenoxy) is 1. The number of piperazine rings is 1. The molecule has 0 radical (unpaired) electrons. The Morgan fingerprint density at radius 2 is 1.76 bits per heavy atom. The molecule has 0 unspecified atom stereocenters. The Balaban J connectivity index is 1.16. The molecule has 150 valence electrons. The van der Waals surface area contributed by atoms with Crippen molar-refractivity contribution < 1.29 is 9.13 Å². The molecule has 3 aromatic carbocycles. The van der Waals surface area contributed by atoms with Crippen LogP contribution in [0.25, 0.3) is 10.8 Å². The van der Waals surface area contributed by atoms with Crippen LogP contribution in [0.15, 0.2) is 54.6 Å². The van der Waals surface area contributed by atoms with Gasteiger partial charge in [0.15, 0.2) is 0 Å². The average molecular weight is 391 g/mol. The fourth-order valence-corrected chi connectivity index (χ4v) is 4.37. The van der Waals surface area contributed by atoms with Crippen LogP contribution in [0.5, 0.6) is 5.75 Å². The molecule has 3 aromatic rings. The lowest BCUT2D eigenvalue weighted by Crippen LogP contribution is -2.47. The molecule has 2 aliphatic heterocycles. The molecule has 0 bridgehead atoms. The van der Waals surface area contributed by atoms with Gasteiger partial charge in [0.25, 0.3) is 0 Å². The van der Waals surface area contributed by atoms with Gasteiger partial charge in [-0.15, -0.1) is 0 Å². The van der Waals surface area contributed by atoms with E-state index in [2.05, 4.69) is 45.4 Å². The number of nitrogens with zero attached hydrogens (tertiary/aromatic N) is 2. The molecule has 0 saturated carbocycles. The van der Waals surface area contributed by atoms with E-state index in [1.807, 2.05) is 12.1 Å². The highest BCUT2D eigenvalue weighted by Gasteiger charge is 2.19. The molecule has 2 heterocycles. The molecule has 4 nitrogen and oxygen atoms in total. The van der Waals surface area contributed by atoms with E-state index in [1.165, 1.54) is 17.2 Å². The van der Waals surface area contributed by atoms with E-state index in [4.69, 9.17) is 4.74 Å². The van der Waals surface area contributed by atoms with Crippen LogP contribution < -0.4 is 15.0 Å². The zero-order chi connectivity index (χ0) is 19.6. The number of anilines is 1. The van der Waals surface area contributed by atoms with Gasteiger partial charge in [0.05, 0.1) is 0 Å². The first-order chi connectivity index (χ1) is 14.3. The maximum Gasteiger partial charge on any atom is 0.123 e. The van der Waals surface area contributed by atoms with Crippen molar-refractivity contribution in [3.8, 4) is 5.75 Å². The highest BCUT2D eigenvalue weighted by atomic mass is 19.1. The van der Waals surface area contributed by atoms with Gasteiger partial charge in [-0.3, -0.25) is 4.90 Å². The summed E-state index contributed by atoms with van der Waals surface area (Å²) in [6.45, 7) is 7.39. The molecule has 1 fully saturated rings. The maximum atomic E-state index is 13.8. The van der Waals surface area contributed by atoms with Crippen LogP contribution in [-0.4, -0.2) is 44.2 Å². The molecule has 5 heteroatoms. The van der Waals surface area contributed by atoms with Crippen LogP contribution in [-0.2, 0) is 13.1 Å². The van der Waals surface area contributed by atoms with E-state index in [9.17, 15) is 4.39 Å². The van der Waals surface area contributed by atoms with Crippen molar-refractivity contribution in [1.82, 2.24) is 10.2 Å². The van der Waals surface area contributed by atoms with Gasteiger partial charge in [0.2, 0.25) is 0 Å². The summed E-state index contributed by atoms with van der Waals surface area (Å²) in [7, 11) is 0. The molecule has 0 spiro atoms. The van der Waals surface area contributed by atoms with E-state index in [0.29, 0.717) is 6.61 Å². The van der Waals surface area contributed by atoms with Gasteiger partial charge in [-0.25, -0.2) is 4.39 Å². The summed E-state index contributed by atoms with van der Waals surface area (Å²) in [5.41, 5.74) is 3.86. The SMILES string of the molecule is Fc1ccc2cccc(N3CCN(CCOc4ccc5c(c4)CNC5)CC3)c2c1. The molecule has 1 saturated heterocycles. The Bertz CT molecular complexity index is 1010. The number of hydrogen-bond acceptors (Lipinski definition) is 4. The second-order valence-corrected chi connectivity index (χ2v) is 7.85. The minimum atomic E-state index is -0.178. The number of benzene rings is 3. The standard InChI is InChI=1S/C24H26FN3O/c25-21-6-4-18-2-1-3-24(23(18)15-21)28-10-8-27(9-11-28)12-13-29-22-7-5-19-16-26-17-20(19)14-22/h1-7,14-15,26H,8-13,16-17H2. The van der Waals surface area contributed by atoms with Gasteiger partial charge in [0, 0.05) is 56.9 Å². The Labute approximate surface area is 170 Å². The molecule has 0 atom stereocenters. The summed E-state index contributed by atoms with van der Waals surface area (Å²) in [6.07, 6.45) is 0. The summed E-state index contributed by atoms with van der Waals surface area (Å²) >= 11 is 0. The summed E-state index contributed by atoms with van der Waals surface area (Å²) in [4.78, 5) is 4.81. The fourth-order valence-electron chi connectivity index (χ4n) is 4.37. The Morgan fingerprint density at radius 3 is 2.66 bits per heavy atom. The van der Waals surface area contributed by atoms with Gasteiger partial charge < -0.3 is 15.0 Å². The number of fused-ring (bicyclic) bond motifs is 2. The topological polar surface area (TPSA) is 27.7 Å². The van der Waals surface area contributed by atoms with E-state index < -0.39 is 0 Å². The average Bonchev–Trinajstić information content (AvgIpc) is 3.22. The molecule has 2 aliphatic rings. The minimum absolute atomic E-state index is 0.178. The third kappa shape index (κ3) is 3.93. The molecule has 0 aliphatic carbocycles. The normalized spacial score (nSPS) is 16.9. The first-order valence-corrected chi connectivity index (χ1v) is 10.4. The van der Waals surface area contributed by atoms with Crippen molar-refractivity contribution in [1.29, 1.82) is 0 Å². The van der Waals surface area contributed by atoms with Crippen LogP contribution >= 0.6 is 0 Å². The Kier molecular flexibility index (Phi) is 5.08. The molecule has 1 N–H and O–H groups in total. The summed E-state index contributed by atoms with van der Waals surface area (Å²) < 4.78 is 19.7. The monoisotopic (exact) mass is 391 g/mol. The third-order valence-corrected chi connectivity index (χ3v) is 6.02. The van der Waals surface area contributed by atoms with Crippen molar-refractivity contribution in [2.24, 2.45) is 0 Å². The number of rotatable bonds is 5. The molecule has 29 heavy (non-hydrogen) atoms. The lowest BCUT2D eigenvalue weighted by atomic mass is 10.1. The minimum Gasteiger partial charge on any atom is -0.492 e.